The summed E-state index contributed by atoms with van der Waals surface area (Å²) in [6, 6.07) is 17.0. The highest BCUT2D eigenvalue weighted by Gasteiger charge is 2.11. The summed E-state index contributed by atoms with van der Waals surface area (Å²) in [5, 5.41) is 12.7. The van der Waals surface area contributed by atoms with Gasteiger partial charge in [0.2, 0.25) is 0 Å². The first-order chi connectivity index (χ1) is 9.18. The molecule has 0 amide bonds. The van der Waals surface area contributed by atoms with E-state index >= 15 is 0 Å². The van der Waals surface area contributed by atoms with Crippen molar-refractivity contribution in [2.24, 2.45) is 0 Å². The molecule has 0 saturated carbocycles. The number of hydrogen-bond acceptors (Lipinski definition) is 1. The van der Waals surface area contributed by atoms with Crippen LogP contribution in [-0.2, 0) is 0 Å². The maximum absolute atomic E-state index is 10.0. The summed E-state index contributed by atoms with van der Waals surface area (Å²) < 4.78 is 0.964. The first kappa shape index (κ1) is 12.5. The van der Waals surface area contributed by atoms with Gasteiger partial charge >= 0.3 is 0 Å². The van der Waals surface area contributed by atoms with Crippen molar-refractivity contribution in [1.29, 1.82) is 0 Å². The van der Waals surface area contributed by atoms with Crippen molar-refractivity contribution in [3.63, 3.8) is 0 Å². The first-order valence-corrected chi connectivity index (χ1v) is 7.00. The average molecular weight is 334 g/mol. The lowest BCUT2D eigenvalue weighted by Gasteiger charge is -2.11. The highest BCUT2D eigenvalue weighted by atomic mass is 79.9. The Hall–Kier alpha value is -1.51. The second kappa shape index (κ2) is 4.87. The second-order valence-electron chi connectivity index (χ2n) is 4.27. The van der Waals surface area contributed by atoms with Crippen molar-refractivity contribution in [3.05, 3.63) is 64.1 Å². The van der Waals surface area contributed by atoms with E-state index in [2.05, 4.69) is 15.9 Å². The van der Waals surface area contributed by atoms with Crippen molar-refractivity contribution >= 4 is 38.3 Å². The Kier molecular flexibility index (Phi) is 3.21. The van der Waals surface area contributed by atoms with Crippen LogP contribution in [-0.4, -0.2) is 5.11 Å². The summed E-state index contributed by atoms with van der Waals surface area (Å²) >= 11 is 9.81. The van der Waals surface area contributed by atoms with Gasteiger partial charge in [-0.1, -0.05) is 63.9 Å². The van der Waals surface area contributed by atoms with Gasteiger partial charge in [-0.3, -0.25) is 0 Å². The van der Waals surface area contributed by atoms with Gasteiger partial charge < -0.3 is 5.11 Å². The molecule has 0 atom stereocenters. The number of fused-ring (bicyclic) bond motifs is 1. The van der Waals surface area contributed by atoms with E-state index in [0.717, 1.165) is 26.4 Å². The third kappa shape index (κ3) is 2.11. The number of rotatable bonds is 1. The molecule has 0 heterocycles. The minimum Gasteiger partial charge on any atom is -0.507 e. The van der Waals surface area contributed by atoms with Gasteiger partial charge in [0.05, 0.1) is 0 Å². The molecule has 0 aliphatic rings. The van der Waals surface area contributed by atoms with Crippen LogP contribution in [0.4, 0.5) is 0 Å². The molecular weight excluding hydrogens is 324 g/mol. The normalized spacial score (nSPS) is 10.8. The van der Waals surface area contributed by atoms with Gasteiger partial charge in [-0.15, -0.1) is 0 Å². The van der Waals surface area contributed by atoms with E-state index in [4.69, 9.17) is 11.6 Å². The number of aromatic hydroxyl groups is 1. The molecule has 0 fully saturated rings. The van der Waals surface area contributed by atoms with Gasteiger partial charge in [-0.05, 0) is 23.8 Å². The summed E-state index contributed by atoms with van der Waals surface area (Å²) in [6.07, 6.45) is 0. The van der Waals surface area contributed by atoms with Crippen molar-refractivity contribution in [3.8, 4) is 16.9 Å². The van der Waals surface area contributed by atoms with Crippen molar-refractivity contribution in [2.45, 2.75) is 0 Å². The van der Waals surface area contributed by atoms with Crippen LogP contribution in [0, 0.1) is 0 Å². The Morgan fingerprint density at radius 3 is 2.37 bits per heavy atom. The van der Waals surface area contributed by atoms with Crippen molar-refractivity contribution in [2.75, 3.05) is 0 Å². The molecule has 0 aliphatic heterocycles. The van der Waals surface area contributed by atoms with E-state index in [1.807, 2.05) is 48.5 Å². The summed E-state index contributed by atoms with van der Waals surface area (Å²) in [6.45, 7) is 0. The number of phenols is 1. The quantitative estimate of drug-likeness (QED) is 0.612. The minimum absolute atomic E-state index is 0.266. The lowest BCUT2D eigenvalue weighted by molar-refractivity contribution is 0.477. The standard InChI is InChI=1S/C16H10BrClO/c17-13-8-9-14(18)12-6-3-5-11(16(12)13)10-4-1-2-7-15(10)19/h1-9,19H. The fraction of sp³-hybridized carbons (Fsp3) is 0. The smallest absolute Gasteiger partial charge is 0.123 e. The molecule has 3 rings (SSSR count). The van der Waals surface area contributed by atoms with Crippen LogP contribution in [0.5, 0.6) is 5.75 Å². The summed E-state index contributed by atoms with van der Waals surface area (Å²) in [7, 11) is 0. The number of hydrogen-bond donors (Lipinski definition) is 1. The van der Waals surface area contributed by atoms with Gasteiger partial charge in [-0.25, -0.2) is 0 Å². The molecule has 0 aliphatic carbocycles. The highest BCUT2D eigenvalue weighted by Crippen LogP contribution is 2.39. The molecule has 0 saturated heterocycles. The monoisotopic (exact) mass is 332 g/mol. The fourth-order valence-electron chi connectivity index (χ4n) is 2.25. The zero-order valence-electron chi connectivity index (χ0n) is 9.90. The van der Waals surface area contributed by atoms with Gasteiger partial charge in [-0.2, -0.15) is 0 Å². The SMILES string of the molecule is Oc1ccccc1-c1cccc2c(Cl)ccc(Br)c12. The molecule has 1 N–H and O–H groups in total. The maximum Gasteiger partial charge on any atom is 0.123 e. The van der Waals surface area contributed by atoms with Crippen LogP contribution in [0.3, 0.4) is 0 Å². The van der Waals surface area contributed by atoms with E-state index in [-0.39, 0.29) is 5.75 Å². The summed E-state index contributed by atoms with van der Waals surface area (Å²) in [4.78, 5) is 0. The van der Waals surface area contributed by atoms with E-state index in [9.17, 15) is 5.11 Å². The third-order valence-corrected chi connectivity index (χ3v) is 4.12. The Morgan fingerprint density at radius 1 is 0.842 bits per heavy atom. The number of para-hydroxylation sites is 1. The van der Waals surface area contributed by atoms with Gasteiger partial charge in [0, 0.05) is 25.8 Å². The predicted octanol–water partition coefficient (Wildman–Crippen LogP) is 5.63. The van der Waals surface area contributed by atoms with Crippen LogP contribution in [0.25, 0.3) is 21.9 Å². The molecule has 0 radical (unpaired) electrons. The fourth-order valence-corrected chi connectivity index (χ4v) is 3.03. The molecule has 3 aromatic rings. The van der Waals surface area contributed by atoms with E-state index in [0.29, 0.717) is 5.02 Å². The zero-order valence-corrected chi connectivity index (χ0v) is 12.2. The Labute approximate surface area is 124 Å². The number of halogens is 2. The average Bonchev–Trinajstić information content (AvgIpc) is 2.43. The molecule has 0 aromatic heterocycles. The van der Waals surface area contributed by atoms with Crippen LogP contribution in [0.15, 0.2) is 59.1 Å². The third-order valence-electron chi connectivity index (χ3n) is 3.13. The minimum atomic E-state index is 0.266. The molecule has 3 heteroatoms. The predicted molar refractivity (Wildman–Crippen MR) is 83.8 cm³/mol. The number of benzene rings is 3. The van der Waals surface area contributed by atoms with Crippen LogP contribution >= 0.6 is 27.5 Å². The van der Waals surface area contributed by atoms with Crippen molar-refractivity contribution < 1.29 is 5.11 Å². The molecule has 0 bridgehead atoms. The van der Waals surface area contributed by atoms with Crippen LogP contribution in [0.2, 0.25) is 5.02 Å². The van der Waals surface area contributed by atoms with Gasteiger partial charge in [0.1, 0.15) is 5.75 Å². The molecule has 1 nitrogen and oxygen atoms in total. The number of phenolic OH excluding ortho intramolecular Hbond substituents is 1. The van der Waals surface area contributed by atoms with Crippen LogP contribution in [0.1, 0.15) is 0 Å². The topological polar surface area (TPSA) is 20.2 Å². The molecule has 3 aromatic carbocycles. The maximum atomic E-state index is 10.0. The molecule has 0 unspecified atom stereocenters. The summed E-state index contributed by atoms with van der Waals surface area (Å²) in [5.41, 5.74) is 1.76. The lowest BCUT2D eigenvalue weighted by atomic mass is 9.97. The van der Waals surface area contributed by atoms with Gasteiger partial charge in [0.25, 0.3) is 0 Å². The largest absolute Gasteiger partial charge is 0.507 e. The first-order valence-electron chi connectivity index (χ1n) is 5.83. The highest BCUT2D eigenvalue weighted by molar-refractivity contribution is 9.10. The van der Waals surface area contributed by atoms with Crippen molar-refractivity contribution in [1.82, 2.24) is 0 Å². The molecule has 19 heavy (non-hydrogen) atoms. The van der Waals surface area contributed by atoms with E-state index in [1.165, 1.54) is 0 Å². The molecule has 0 spiro atoms. The van der Waals surface area contributed by atoms with E-state index < -0.39 is 0 Å². The lowest BCUT2D eigenvalue weighted by Crippen LogP contribution is -1.84. The van der Waals surface area contributed by atoms with Gasteiger partial charge in [0.15, 0.2) is 0 Å². The molecular formula is C16H10BrClO. The molecule has 94 valence electrons. The van der Waals surface area contributed by atoms with E-state index in [1.54, 1.807) is 6.07 Å². The Morgan fingerprint density at radius 2 is 1.58 bits per heavy atom. The van der Waals surface area contributed by atoms with Crippen LogP contribution < -0.4 is 0 Å². The second-order valence-corrected chi connectivity index (χ2v) is 5.54. The Bertz CT molecular complexity index is 768. The Balaban J connectivity index is 2.43. The summed E-state index contributed by atoms with van der Waals surface area (Å²) in [5.74, 6) is 0.266. The zero-order chi connectivity index (χ0) is 13.4.